The Morgan fingerprint density at radius 1 is 1.08 bits per heavy atom. The first kappa shape index (κ1) is 25.9. The topological polar surface area (TPSA) is 103 Å². The zero-order valence-corrected chi connectivity index (χ0v) is 22.7. The second-order valence-corrected chi connectivity index (χ2v) is 10.9. The molecule has 1 amide bonds. The van der Waals surface area contributed by atoms with Gasteiger partial charge in [0.2, 0.25) is 0 Å². The molecule has 0 radical (unpaired) electrons. The zero-order chi connectivity index (χ0) is 26.6. The van der Waals surface area contributed by atoms with Crippen molar-refractivity contribution >= 4 is 50.9 Å². The van der Waals surface area contributed by atoms with Gasteiger partial charge in [-0.15, -0.1) is 11.3 Å². The van der Waals surface area contributed by atoms with Crippen molar-refractivity contribution in [3.05, 3.63) is 81.0 Å². The molecule has 2 aromatic heterocycles. The molecule has 0 fully saturated rings. The molecule has 0 unspecified atom stereocenters. The molecule has 38 heavy (non-hydrogen) atoms. The number of hydrazone groups is 1. The molecule has 0 saturated carbocycles. The van der Waals surface area contributed by atoms with Crippen LogP contribution in [0.1, 0.15) is 42.7 Å². The van der Waals surface area contributed by atoms with Gasteiger partial charge in [-0.25, -0.2) is 10.4 Å². The molecule has 0 atom stereocenters. The monoisotopic (exact) mass is 546 g/mol. The Bertz CT molecular complexity index is 1590. The summed E-state index contributed by atoms with van der Waals surface area (Å²) in [5.41, 5.74) is 5.73. The van der Waals surface area contributed by atoms with Crippen LogP contribution in [0.4, 0.5) is 0 Å². The maximum absolute atomic E-state index is 13.7. The maximum Gasteiger partial charge on any atom is 0.308 e. The van der Waals surface area contributed by atoms with E-state index in [0.29, 0.717) is 22.0 Å². The summed E-state index contributed by atoms with van der Waals surface area (Å²) in [4.78, 5) is 44.4. The number of thiophene rings is 1. The number of rotatable bonds is 7. The molecular formula is C28H26N4O4S2. The van der Waals surface area contributed by atoms with Crippen LogP contribution in [-0.4, -0.2) is 32.9 Å². The van der Waals surface area contributed by atoms with E-state index in [4.69, 9.17) is 9.72 Å². The van der Waals surface area contributed by atoms with E-state index in [1.165, 1.54) is 23.6 Å². The molecule has 2 heterocycles. The molecule has 1 aliphatic carbocycles. The van der Waals surface area contributed by atoms with Crippen LogP contribution in [0, 0.1) is 0 Å². The van der Waals surface area contributed by atoms with Gasteiger partial charge < -0.3 is 4.74 Å². The number of benzene rings is 2. The molecule has 1 aliphatic rings. The van der Waals surface area contributed by atoms with Gasteiger partial charge in [-0.1, -0.05) is 30.0 Å². The first-order valence-electron chi connectivity index (χ1n) is 12.3. The molecule has 5 rings (SSSR count). The van der Waals surface area contributed by atoms with Crippen molar-refractivity contribution in [2.45, 2.75) is 44.7 Å². The number of esters is 1. The van der Waals surface area contributed by atoms with Crippen LogP contribution in [0.2, 0.25) is 0 Å². The number of carbonyl (C=O) groups excluding carboxylic acids is 2. The quantitative estimate of drug-likeness (QED) is 0.0885. The molecule has 194 valence electrons. The first-order chi connectivity index (χ1) is 18.4. The van der Waals surface area contributed by atoms with Crippen molar-refractivity contribution in [3.63, 3.8) is 0 Å². The number of aromatic nitrogens is 2. The average Bonchev–Trinajstić information content (AvgIpc) is 3.30. The third-order valence-corrected chi connectivity index (χ3v) is 8.31. The fourth-order valence-electron chi connectivity index (χ4n) is 4.39. The first-order valence-corrected chi connectivity index (χ1v) is 14.1. The zero-order valence-electron chi connectivity index (χ0n) is 21.0. The Kier molecular flexibility index (Phi) is 7.71. The number of thioether (sulfide) groups is 1. The van der Waals surface area contributed by atoms with Crippen LogP contribution in [0.15, 0.2) is 69.6 Å². The van der Waals surface area contributed by atoms with Crippen molar-refractivity contribution in [2.24, 2.45) is 5.10 Å². The van der Waals surface area contributed by atoms with Crippen molar-refractivity contribution < 1.29 is 14.3 Å². The van der Waals surface area contributed by atoms with Gasteiger partial charge in [-0.05, 0) is 80.1 Å². The van der Waals surface area contributed by atoms with Gasteiger partial charge in [0.15, 0.2) is 5.16 Å². The summed E-state index contributed by atoms with van der Waals surface area (Å²) in [5, 5.41) is 5.39. The minimum atomic E-state index is -0.391. The molecule has 4 aromatic rings. The van der Waals surface area contributed by atoms with E-state index in [0.717, 1.165) is 47.3 Å². The smallest absolute Gasteiger partial charge is 0.308 e. The van der Waals surface area contributed by atoms with Gasteiger partial charge in [-0.2, -0.15) is 5.10 Å². The van der Waals surface area contributed by atoms with Crippen LogP contribution in [-0.2, 0) is 22.4 Å². The summed E-state index contributed by atoms with van der Waals surface area (Å²) in [7, 11) is 0. The summed E-state index contributed by atoms with van der Waals surface area (Å²) in [6, 6.07) is 16.3. The van der Waals surface area contributed by atoms with E-state index in [2.05, 4.69) is 10.5 Å². The molecule has 1 N–H and O–H groups in total. The third kappa shape index (κ3) is 5.56. The standard InChI is InChI=1S/C28H26N4O4S2/c1-17(19-12-14-21(15-13-19)36-18(2)33)30-31-24(34)16-37-28-29-26-25(22-10-6-7-11-23(22)38-26)27(35)32(28)20-8-4-3-5-9-20/h3-5,8-9,12-15H,6-7,10-11,16H2,1-2H3,(H,31,34). The molecule has 10 heteroatoms. The van der Waals surface area contributed by atoms with Crippen molar-refractivity contribution in [2.75, 3.05) is 5.75 Å². The van der Waals surface area contributed by atoms with Gasteiger partial charge >= 0.3 is 5.97 Å². The lowest BCUT2D eigenvalue weighted by molar-refractivity contribution is -0.131. The molecule has 0 aliphatic heterocycles. The number of nitrogens with one attached hydrogen (secondary N) is 1. The number of aryl methyl sites for hydroxylation is 2. The third-order valence-electron chi connectivity index (χ3n) is 6.19. The summed E-state index contributed by atoms with van der Waals surface area (Å²) < 4.78 is 6.65. The largest absolute Gasteiger partial charge is 0.427 e. The number of hydrogen-bond donors (Lipinski definition) is 1. The van der Waals surface area contributed by atoms with Crippen molar-refractivity contribution in [1.29, 1.82) is 0 Å². The van der Waals surface area contributed by atoms with E-state index in [9.17, 15) is 14.4 Å². The fourth-order valence-corrected chi connectivity index (χ4v) is 6.50. The Morgan fingerprint density at radius 3 is 2.55 bits per heavy atom. The normalized spacial score (nSPS) is 13.3. The van der Waals surface area contributed by atoms with Crippen LogP contribution >= 0.6 is 23.1 Å². The fraction of sp³-hybridized carbons (Fsp3) is 0.250. The summed E-state index contributed by atoms with van der Waals surface area (Å²) >= 11 is 2.80. The Balaban J connectivity index is 1.36. The molecular weight excluding hydrogens is 520 g/mol. The van der Waals surface area contributed by atoms with Crippen LogP contribution in [0.25, 0.3) is 15.9 Å². The highest BCUT2D eigenvalue weighted by Crippen LogP contribution is 2.35. The van der Waals surface area contributed by atoms with E-state index >= 15 is 0 Å². The number of para-hydroxylation sites is 1. The van der Waals surface area contributed by atoms with Gasteiger partial charge in [0.1, 0.15) is 10.6 Å². The SMILES string of the molecule is CC(=O)Oc1ccc(C(C)=NNC(=O)CSc2nc3sc4c(c3c(=O)n2-c2ccccc2)CCCC4)cc1. The maximum atomic E-state index is 13.7. The summed E-state index contributed by atoms with van der Waals surface area (Å²) in [6.45, 7) is 3.12. The lowest BCUT2D eigenvalue weighted by Gasteiger charge is -2.13. The predicted octanol–water partition coefficient (Wildman–Crippen LogP) is 4.88. The Morgan fingerprint density at radius 2 is 1.82 bits per heavy atom. The van der Waals surface area contributed by atoms with Crippen molar-refractivity contribution in [3.8, 4) is 11.4 Å². The van der Waals surface area contributed by atoms with Gasteiger partial charge in [0.05, 0.1) is 22.5 Å². The van der Waals surface area contributed by atoms with Crippen LogP contribution in [0.5, 0.6) is 5.75 Å². The van der Waals surface area contributed by atoms with Gasteiger partial charge in [0.25, 0.3) is 11.5 Å². The molecule has 0 bridgehead atoms. The van der Waals surface area contributed by atoms with E-state index in [1.807, 2.05) is 30.3 Å². The van der Waals surface area contributed by atoms with Crippen molar-refractivity contribution in [1.82, 2.24) is 15.0 Å². The minimum absolute atomic E-state index is 0.0397. The number of amides is 1. The van der Waals surface area contributed by atoms with Crippen LogP contribution < -0.4 is 15.7 Å². The minimum Gasteiger partial charge on any atom is -0.427 e. The number of hydrogen-bond acceptors (Lipinski definition) is 8. The van der Waals surface area contributed by atoms with Crippen LogP contribution in [0.3, 0.4) is 0 Å². The lowest BCUT2D eigenvalue weighted by atomic mass is 9.97. The molecule has 0 spiro atoms. The number of nitrogens with zero attached hydrogens (tertiary/aromatic N) is 3. The Labute approximate surface area is 227 Å². The number of ether oxygens (including phenoxy) is 1. The summed E-state index contributed by atoms with van der Waals surface area (Å²) in [5.74, 6) is -0.226. The second kappa shape index (κ2) is 11.3. The lowest BCUT2D eigenvalue weighted by Crippen LogP contribution is -2.24. The van der Waals surface area contributed by atoms with E-state index in [1.54, 1.807) is 47.1 Å². The molecule has 8 nitrogen and oxygen atoms in total. The number of fused-ring (bicyclic) bond motifs is 3. The highest BCUT2D eigenvalue weighted by molar-refractivity contribution is 7.99. The average molecular weight is 547 g/mol. The van der Waals surface area contributed by atoms with Gasteiger partial charge in [0, 0.05) is 11.8 Å². The highest BCUT2D eigenvalue weighted by atomic mass is 32.2. The summed E-state index contributed by atoms with van der Waals surface area (Å²) in [6.07, 6.45) is 4.09. The second-order valence-electron chi connectivity index (χ2n) is 8.90. The van der Waals surface area contributed by atoms with Gasteiger partial charge in [-0.3, -0.25) is 19.0 Å². The predicted molar refractivity (Wildman–Crippen MR) is 151 cm³/mol. The number of carbonyl (C=O) groups is 2. The Hall–Kier alpha value is -3.76. The molecule has 2 aromatic carbocycles. The van der Waals surface area contributed by atoms with E-state index in [-0.39, 0.29) is 17.2 Å². The molecule has 0 saturated heterocycles. The highest BCUT2D eigenvalue weighted by Gasteiger charge is 2.23. The van der Waals surface area contributed by atoms with E-state index < -0.39 is 5.97 Å².